The van der Waals surface area contributed by atoms with Gasteiger partial charge in [0.15, 0.2) is 0 Å². The predicted molar refractivity (Wildman–Crippen MR) is 115 cm³/mol. The maximum atomic E-state index is 14.7. The Morgan fingerprint density at radius 3 is 2.76 bits per heavy atom. The molecule has 1 saturated heterocycles. The van der Waals surface area contributed by atoms with Crippen molar-refractivity contribution in [2.24, 2.45) is 0 Å². The van der Waals surface area contributed by atoms with Crippen molar-refractivity contribution in [2.75, 3.05) is 36.8 Å². The molecule has 0 atom stereocenters. The van der Waals surface area contributed by atoms with Gasteiger partial charge in [0.25, 0.3) is 0 Å². The van der Waals surface area contributed by atoms with E-state index in [1.54, 1.807) is 24.5 Å². The largest absolute Gasteiger partial charge is 0.384 e. The Kier molecular flexibility index (Phi) is 4.41. The number of benzene rings is 2. The van der Waals surface area contributed by atoms with Crippen LogP contribution < -0.4 is 16.0 Å². The van der Waals surface area contributed by atoms with Crippen molar-refractivity contribution in [2.45, 2.75) is 0 Å². The van der Waals surface area contributed by atoms with Gasteiger partial charge >= 0.3 is 0 Å². The van der Waals surface area contributed by atoms with E-state index in [2.05, 4.69) is 25.2 Å². The van der Waals surface area contributed by atoms with Crippen molar-refractivity contribution in [3.05, 3.63) is 53.6 Å². The fourth-order valence-electron chi connectivity index (χ4n) is 3.86. The van der Waals surface area contributed by atoms with E-state index < -0.39 is 0 Å². The maximum Gasteiger partial charge on any atom is 0.140 e. The van der Waals surface area contributed by atoms with E-state index in [4.69, 9.17) is 17.3 Å². The minimum absolute atomic E-state index is 0.304. The van der Waals surface area contributed by atoms with Gasteiger partial charge in [-0.2, -0.15) is 0 Å². The lowest BCUT2D eigenvalue weighted by Gasteiger charge is -2.29. The predicted octanol–water partition coefficient (Wildman–Crippen LogP) is 3.63. The molecule has 6 nitrogen and oxygen atoms in total. The molecule has 2 aromatic carbocycles. The number of pyridine rings is 1. The van der Waals surface area contributed by atoms with Crippen molar-refractivity contribution >= 4 is 44.9 Å². The van der Waals surface area contributed by atoms with Crippen molar-refractivity contribution < 1.29 is 4.39 Å². The van der Waals surface area contributed by atoms with E-state index in [0.29, 0.717) is 32.9 Å². The first-order valence-electron chi connectivity index (χ1n) is 9.37. The number of halogens is 2. The Labute approximate surface area is 171 Å². The van der Waals surface area contributed by atoms with Gasteiger partial charge in [-0.05, 0) is 29.7 Å². The summed E-state index contributed by atoms with van der Waals surface area (Å²) in [5.74, 6) is 0.783. The number of rotatable bonds is 2. The summed E-state index contributed by atoms with van der Waals surface area (Å²) in [5, 5.41) is 5.71. The fourth-order valence-corrected chi connectivity index (χ4v) is 4.11. The highest BCUT2D eigenvalue weighted by Crippen LogP contribution is 2.38. The molecule has 4 aromatic rings. The van der Waals surface area contributed by atoms with Crippen LogP contribution in [0.2, 0.25) is 5.02 Å². The number of nitrogens with one attached hydrogen (secondary N) is 1. The summed E-state index contributed by atoms with van der Waals surface area (Å²) in [6.07, 6.45) is 1.54. The topological polar surface area (TPSA) is 80.0 Å². The van der Waals surface area contributed by atoms with Crippen molar-refractivity contribution in [3.8, 4) is 11.3 Å². The van der Waals surface area contributed by atoms with E-state index >= 15 is 0 Å². The Morgan fingerprint density at radius 2 is 1.93 bits per heavy atom. The van der Waals surface area contributed by atoms with Crippen LogP contribution in [0.3, 0.4) is 0 Å². The van der Waals surface area contributed by atoms with E-state index in [-0.39, 0.29) is 5.82 Å². The van der Waals surface area contributed by atoms with Crippen LogP contribution in [0.4, 0.5) is 16.0 Å². The Hall–Kier alpha value is -3.03. The number of aromatic nitrogens is 3. The minimum Gasteiger partial charge on any atom is -0.384 e. The van der Waals surface area contributed by atoms with E-state index in [1.807, 2.05) is 12.1 Å². The highest BCUT2D eigenvalue weighted by atomic mass is 35.5. The lowest BCUT2D eigenvalue weighted by Crippen LogP contribution is -2.44. The van der Waals surface area contributed by atoms with Crippen LogP contribution in [0.1, 0.15) is 0 Å². The van der Waals surface area contributed by atoms with E-state index in [0.717, 1.165) is 42.9 Å². The molecular formula is C21H18ClFN6. The van der Waals surface area contributed by atoms with Gasteiger partial charge in [-0.1, -0.05) is 23.7 Å². The highest BCUT2D eigenvalue weighted by Gasteiger charge is 2.19. The second-order valence-electron chi connectivity index (χ2n) is 7.02. The van der Waals surface area contributed by atoms with Crippen LogP contribution in [0.15, 0.2) is 42.7 Å². The SMILES string of the molecule is Nc1cc2cccc(F)c2c(-c2cc3ncnc(N4CCNCC4)c3cc2Cl)n1. The molecule has 0 amide bonds. The van der Waals surface area contributed by atoms with Crippen molar-refractivity contribution in [1.82, 2.24) is 20.3 Å². The smallest absolute Gasteiger partial charge is 0.140 e. The molecule has 0 saturated carbocycles. The third-order valence-corrected chi connectivity index (χ3v) is 5.51. The molecule has 0 bridgehead atoms. The van der Waals surface area contributed by atoms with Gasteiger partial charge in [-0.25, -0.2) is 19.3 Å². The molecule has 0 radical (unpaired) electrons. The molecule has 0 aliphatic carbocycles. The molecule has 1 aliphatic rings. The highest BCUT2D eigenvalue weighted by molar-refractivity contribution is 6.34. The van der Waals surface area contributed by atoms with Gasteiger partial charge in [-0.15, -0.1) is 0 Å². The molecule has 0 unspecified atom stereocenters. The average molecular weight is 409 g/mol. The van der Waals surface area contributed by atoms with Gasteiger partial charge < -0.3 is 16.0 Å². The standard InChI is InChI=1S/C21H18ClFN6/c22-15-9-14-17(26-11-27-21(14)29-6-4-25-5-7-29)10-13(15)20-19-12(8-18(24)28-20)2-1-3-16(19)23/h1-3,8-11,25H,4-7H2,(H2,24,28). The van der Waals surface area contributed by atoms with Gasteiger partial charge in [0.05, 0.1) is 16.2 Å². The Bertz CT molecular complexity index is 1240. The number of hydrogen-bond acceptors (Lipinski definition) is 6. The van der Waals surface area contributed by atoms with Crippen LogP contribution >= 0.6 is 11.6 Å². The van der Waals surface area contributed by atoms with Gasteiger partial charge in [0.2, 0.25) is 0 Å². The number of hydrogen-bond donors (Lipinski definition) is 2. The quantitative estimate of drug-likeness (QED) is 0.527. The van der Waals surface area contributed by atoms with Gasteiger partial charge in [0, 0.05) is 42.5 Å². The summed E-state index contributed by atoms with van der Waals surface area (Å²) in [7, 11) is 0. The summed E-state index contributed by atoms with van der Waals surface area (Å²) in [5.41, 5.74) is 7.70. The molecule has 1 aliphatic heterocycles. The van der Waals surface area contributed by atoms with Crippen molar-refractivity contribution in [1.29, 1.82) is 0 Å². The van der Waals surface area contributed by atoms with Crippen molar-refractivity contribution in [3.63, 3.8) is 0 Å². The monoisotopic (exact) mass is 408 g/mol. The normalized spacial score (nSPS) is 14.6. The number of piperazine rings is 1. The first kappa shape index (κ1) is 18.0. The molecule has 2 aromatic heterocycles. The first-order chi connectivity index (χ1) is 14.1. The summed E-state index contributed by atoms with van der Waals surface area (Å²) < 4.78 is 14.7. The lowest BCUT2D eigenvalue weighted by molar-refractivity contribution is 0.586. The van der Waals surface area contributed by atoms with Crippen LogP contribution in [0, 0.1) is 5.82 Å². The zero-order valence-electron chi connectivity index (χ0n) is 15.5. The Morgan fingerprint density at radius 1 is 1.10 bits per heavy atom. The molecule has 29 heavy (non-hydrogen) atoms. The molecule has 5 rings (SSSR count). The summed E-state index contributed by atoms with van der Waals surface area (Å²) in [6, 6.07) is 10.2. The van der Waals surface area contributed by atoms with E-state index in [1.165, 1.54) is 6.07 Å². The maximum absolute atomic E-state index is 14.7. The summed E-state index contributed by atoms with van der Waals surface area (Å²) >= 11 is 6.66. The molecule has 3 N–H and O–H groups in total. The molecule has 8 heteroatoms. The number of nitrogens with two attached hydrogens (primary N) is 1. The fraction of sp³-hybridized carbons (Fsp3) is 0.190. The molecular weight excluding hydrogens is 391 g/mol. The Balaban J connectivity index is 1.74. The minimum atomic E-state index is -0.370. The van der Waals surface area contributed by atoms with Crippen LogP contribution in [0.5, 0.6) is 0 Å². The van der Waals surface area contributed by atoms with Crippen LogP contribution in [0.25, 0.3) is 32.9 Å². The number of nitrogens with zero attached hydrogens (tertiary/aromatic N) is 4. The molecule has 1 fully saturated rings. The summed E-state index contributed by atoms with van der Waals surface area (Å²) in [6.45, 7) is 3.52. The number of nitrogen functional groups attached to an aromatic ring is 1. The van der Waals surface area contributed by atoms with Crippen LogP contribution in [-0.4, -0.2) is 41.1 Å². The first-order valence-corrected chi connectivity index (χ1v) is 9.74. The number of anilines is 2. The van der Waals surface area contributed by atoms with Crippen LogP contribution in [-0.2, 0) is 0 Å². The third kappa shape index (κ3) is 3.12. The zero-order chi connectivity index (χ0) is 20.0. The lowest BCUT2D eigenvalue weighted by atomic mass is 10.0. The average Bonchev–Trinajstić information content (AvgIpc) is 2.73. The molecule has 146 valence electrons. The molecule has 0 spiro atoms. The third-order valence-electron chi connectivity index (χ3n) is 5.20. The number of fused-ring (bicyclic) bond motifs is 2. The van der Waals surface area contributed by atoms with E-state index in [9.17, 15) is 4.39 Å². The van der Waals surface area contributed by atoms with Gasteiger partial charge in [0.1, 0.15) is 23.8 Å². The molecule has 3 heterocycles. The summed E-state index contributed by atoms with van der Waals surface area (Å²) in [4.78, 5) is 15.5. The second kappa shape index (κ2) is 7.09. The second-order valence-corrected chi connectivity index (χ2v) is 7.42. The van der Waals surface area contributed by atoms with Gasteiger partial charge in [-0.3, -0.25) is 0 Å². The zero-order valence-corrected chi connectivity index (χ0v) is 16.2.